The van der Waals surface area contributed by atoms with Crippen molar-refractivity contribution < 1.29 is 24.0 Å². The smallest absolute Gasteiger partial charge is 0.316 e. The van der Waals surface area contributed by atoms with E-state index in [-0.39, 0.29) is 36.2 Å². The lowest BCUT2D eigenvalue weighted by Crippen LogP contribution is -2.30. The number of esters is 1. The van der Waals surface area contributed by atoms with Gasteiger partial charge in [0.15, 0.2) is 0 Å². The molecule has 0 amide bonds. The Hall–Kier alpha value is -2.57. The predicted octanol–water partition coefficient (Wildman–Crippen LogP) is 2.99. The SMILES string of the molecule is CC(=O)C(CC1CCCCC1=O)C(=O)OCc1ccc([N+](=O)[O-])cc1. The Labute approximate surface area is 145 Å². The van der Waals surface area contributed by atoms with Gasteiger partial charge in [-0.2, -0.15) is 0 Å². The van der Waals surface area contributed by atoms with Crippen LogP contribution in [0.2, 0.25) is 0 Å². The lowest BCUT2D eigenvalue weighted by atomic mass is 9.81. The van der Waals surface area contributed by atoms with Crippen LogP contribution >= 0.6 is 0 Å². The molecule has 1 saturated carbocycles. The molecule has 2 rings (SSSR count). The number of nitro benzene ring substituents is 1. The van der Waals surface area contributed by atoms with Crippen LogP contribution in [0.25, 0.3) is 0 Å². The van der Waals surface area contributed by atoms with Crippen LogP contribution in [0.15, 0.2) is 24.3 Å². The van der Waals surface area contributed by atoms with Gasteiger partial charge in [0.2, 0.25) is 0 Å². The number of nitro groups is 1. The second-order valence-corrected chi connectivity index (χ2v) is 6.34. The lowest BCUT2D eigenvalue weighted by Gasteiger charge is -2.23. The number of hydrogen-bond acceptors (Lipinski definition) is 6. The molecule has 0 radical (unpaired) electrons. The Morgan fingerprint density at radius 2 is 1.96 bits per heavy atom. The third-order valence-electron chi connectivity index (χ3n) is 4.50. The molecule has 2 atom stereocenters. The first-order valence-electron chi connectivity index (χ1n) is 8.31. The fourth-order valence-corrected chi connectivity index (χ4v) is 2.99. The largest absolute Gasteiger partial charge is 0.460 e. The number of benzene rings is 1. The van der Waals surface area contributed by atoms with E-state index < -0.39 is 16.8 Å². The van der Waals surface area contributed by atoms with Gasteiger partial charge in [0.05, 0.1) is 4.92 Å². The standard InChI is InChI=1S/C18H21NO6/c1-12(20)16(10-14-4-2-3-5-17(14)21)18(22)25-11-13-6-8-15(9-7-13)19(23)24/h6-9,14,16H,2-5,10-11H2,1H3. The molecule has 7 nitrogen and oxygen atoms in total. The summed E-state index contributed by atoms with van der Waals surface area (Å²) in [7, 11) is 0. The van der Waals surface area contributed by atoms with Crippen molar-refractivity contribution in [3.8, 4) is 0 Å². The van der Waals surface area contributed by atoms with Gasteiger partial charge in [-0.1, -0.05) is 6.42 Å². The molecule has 0 heterocycles. The number of carbonyl (C=O) groups excluding carboxylic acids is 3. The molecule has 1 fully saturated rings. The van der Waals surface area contributed by atoms with E-state index in [1.807, 2.05) is 0 Å². The second-order valence-electron chi connectivity index (χ2n) is 6.34. The van der Waals surface area contributed by atoms with Gasteiger partial charge in [-0.15, -0.1) is 0 Å². The number of rotatable bonds is 7. The number of Topliss-reactive ketones (excluding diaryl/α,β-unsaturated/α-hetero) is 2. The van der Waals surface area contributed by atoms with E-state index in [0.717, 1.165) is 12.8 Å². The van der Waals surface area contributed by atoms with Gasteiger partial charge in [0.25, 0.3) is 5.69 Å². The van der Waals surface area contributed by atoms with E-state index in [2.05, 4.69) is 0 Å². The van der Waals surface area contributed by atoms with Crippen molar-refractivity contribution in [1.29, 1.82) is 0 Å². The molecule has 1 aromatic rings. The van der Waals surface area contributed by atoms with E-state index in [9.17, 15) is 24.5 Å². The third-order valence-corrected chi connectivity index (χ3v) is 4.50. The van der Waals surface area contributed by atoms with Gasteiger partial charge >= 0.3 is 5.97 Å². The molecule has 0 aromatic heterocycles. The summed E-state index contributed by atoms with van der Waals surface area (Å²) in [6.45, 7) is 1.25. The number of ketones is 2. The molecule has 0 saturated heterocycles. The molecule has 134 valence electrons. The maximum Gasteiger partial charge on any atom is 0.316 e. The van der Waals surface area contributed by atoms with E-state index in [0.29, 0.717) is 18.4 Å². The Kier molecular flexibility index (Phi) is 6.38. The van der Waals surface area contributed by atoms with E-state index in [4.69, 9.17) is 4.74 Å². The Morgan fingerprint density at radius 1 is 1.28 bits per heavy atom. The molecular weight excluding hydrogens is 326 g/mol. The molecule has 2 unspecified atom stereocenters. The summed E-state index contributed by atoms with van der Waals surface area (Å²) in [5, 5.41) is 10.6. The van der Waals surface area contributed by atoms with E-state index in [1.54, 1.807) is 0 Å². The molecule has 1 aliphatic rings. The zero-order valence-electron chi connectivity index (χ0n) is 14.1. The van der Waals surface area contributed by atoms with E-state index >= 15 is 0 Å². The Balaban J connectivity index is 1.94. The first kappa shape index (κ1) is 18.8. The summed E-state index contributed by atoms with van der Waals surface area (Å²) in [4.78, 5) is 46.1. The average molecular weight is 347 g/mol. The first-order valence-corrected chi connectivity index (χ1v) is 8.31. The summed E-state index contributed by atoms with van der Waals surface area (Å²) >= 11 is 0. The zero-order chi connectivity index (χ0) is 18.4. The number of carbonyl (C=O) groups is 3. The zero-order valence-corrected chi connectivity index (χ0v) is 14.1. The summed E-state index contributed by atoms with van der Waals surface area (Å²) in [6.07, 6.45) is 3.21. The number of hydrogen-bond donors (Lipinski definition) is 0. The van der Waals surface area contributed by atoms with Crippen LogP contribution in [0.5, 0.6) is 0 Å². The Bertz CT molecular complexity index is 667. The monoisotopic (exact) mass is 347 g/mol. The van der Waals surface area contributed by atoms with Gasteiger partial charge < -0.3 is 4.74 Å². The molecule has 1 aliphatic carbocycles. The van der Waals surface area contributed by atoms with Crippen molar-refractivity contribution in [3.63, 3.8) is 0 Å². The molecule has 0 bridgehead atoms. The van der Waals surface area contributed by atoms with Crippen molar-refractivity contribution in [2.45, 2.75) is 45.6 Å². The Morgan fingerprint density at radius 3 is 2.52 bits per heavy atom. The summed E-state index contributed by atoms with van der Waals surface area (Å²) < 4.78 is 5.19. The van der Waals surface area contributed by atoms with Gasteiger partial charge in [0.1, 0.15) is 24.1 Å². The van der Waals surface area contributed by atoms with Crippen LogP contribution in [-0.4, -0.2) is 22.5 Å². The van der Waals surface area contributed by atoms with Gasteiger partial charge in [-0.05, 0) is 43.9 Å². The summed E-state index contributed by atoms with van der Waals surface area (Å²) in [5.41, 5.74) is 0.544. The highest BCUT2D eigenvalue weighted by Gasteiger charge is 2.32. The van der Waals surface area contributed by atoms with Gasteiger partial charge in [-0.25, -0.2) is 0 Å². The summed E-state index contributed by atoms with van der Waals surface area (Å²) in [5.74, 6) is -2.04. The molecule has 25 heavy (non-hydrogen) atoms. The molecule has 0 spiro atoms. The maximum atomic E-state index is 12.3. The third kappa shape index (κ3) is 5.20. The van der Waals surface area contributed by atoms with Gasteiger partial charge in [0, 0.05) is 24.5 Å². The van der Waals surface area contributed by atoms with Crippen LogP contribution in [0.3, 0.4) is 0 Å². The number of ether oxygens (including phenoxy) is 1. The molecule has 7 heteroatoms. The molecule has 1 aromatic carbocycles. The van der Waals surface area contributed by atoms with Crippen LogP contribution in [0.4, 0.5) is 5.69 Å². The van der Waals surface area contributed by atoms with Crippen LogP contribution in [-0.2, 0) is 25.7 Å². The number of non-ortho nitro benzene ring substituents is 1. The highest BCUT2D eigenvalue weighted by atomic mass is 16.6. The van der Waals surface area contributed by atoms with Crippen molar-refractivity contribution >= 4 is 23.2 Å². The minimum absolute atomic E-state index is 0.0486. The number of nitrogens with zero attached hydrogens (tertiary/aromatic N) is 1. The van der Waals surface area contributed by atoms with Crippen LogP contribution in [0, 0.1) is 22.0 Å². The van der Waals surface area contributed by atoms with Crippen LogP contribution < -0.4 is 0 Å². The lowest BCUT2D eigenvalue weighted by molar-refractivity contribution is -0.384. The molecular formula is C18H21NO6. The topological polar surface area (TPSA) is 104 Å². The predicted molar refractivity (Wildman–Crippen MR) is 88.6 cm³/mol. The van der Waals surface area contributed by atoms with Gasteiger partial charge in [-0.3, -0.25) is 24.5 Å². The fraction of sp³-hybridized carbons (Fsp3) is 0.500. The fourth-order valence-electron chi connectivity index (χ4n) is 2.99. The molecule has 0 N–H and O–H groups in total. The maximum absolute atomic E-state index is 12.3. The minimum Gasteiger partial charge on any atom is -0.460 e. The van der Waals surface area contributed by atoms with Crippen molar-refractivity contribution in [2.24, 2.45) is 11.8 Å². The summed E-state index contributed by atoms with van der Waals surface area (Å²) in [6, 6.07) is 5.65. The highest BCUT2D eigenvalue weighted by Crippen LogP contribution is 2.27. The highest BCUT2D eigenvalue weighted by molar-refractivity contribution is 5.98. The van der Waals surface area contributed by atoms with E-state index in [1.165, 1.54) is 31.2 Å². The normalized spacial score (nSPS) is 18.4. The van der Waals surface area contributed by atoms with Crippen molar-refractivity contribution in [1.82, 2.24) is 0 Å². The average Bonchev–Trinajstić information content (AvgIpc) is 2.59. The first-order chi connectivity index (χ1) is 11.9. The molecule has 0 aliphatic heterocycles. The minimum atomic E-state index is -0.940. The second kappa shape index (κ2) is 8.50. The quantitative estimate of drug-likeness (QED) is 0.325. The van der Waals surface area contributed by atoms with Crippen LogP contribution in [0.1, 0.15) is 44.6 Å². The van der Waals surface area contributed by atoms with Crippen molar-refractivity contribution in [3.05, 3.63) is 39.9 Å². The van der Waals surface area contributed by atoms with Crippen molar-refractivity contribution in [2.75, 3.05) is 0 Å².